The third-order valence-corrected chi connectivity index (χ3v) is 2.50. The number of ether oxygens (including phenoxy) is 1. The molecule has 19 heavy (non-hydrogen) atoms. The second-order valence-electron chi connectivity index (χ2n) is 3.84. The maximum absolute atomic E-state index is 13.1. The van der Waals surface area contributed by atoms with Crippen LogP contribution in [0.25, 0.3) is 0 Å². The number of hydrogen-bond donors (Lipinski definition) is 2. The molecule has 2 aromatic rings. The molecule has 5 heteroatoms. The molecule has 0 saturated carbocycles. The van der Waals surface area contributed by atoms with Crippen molar-refractivity contribution in [1.29, 1.82) is 0 Å². The van der Waals surface area contributed by atoms with Gasteiger partial charge in [-0.2, -0.15) is 0 Å². The molecule has 1 amide bonds. The average Bonchev–Trinajstić information content (AvgIpc) is 2.45. The van der Waals surface area contributed by atoms with Crippen molar-refractivity contribution in [1.82, 2.24) is 5.48 Å². The van der Waals surface area contributed by atoms with Crippen LogP contribution in [0, 0.1) is 5.82 Å². The third kappa shape index (κ3) is 3.29. The van der Waals surface area contributed by atoms with Gasteiger partial charge < -0.3 is 4.74 Å². The van der Waals surface area contributed by atoms with Crippen molar-refractivity contribution in [3.05, 3.63) is 66.0 Å². The lowest BCUT2D eigenvalue weighted by atomic mass is 10.1. The summed E-state index contributed by atoms with van der Waals surface area (Å²) in [6.45, 7) is 0. The molecule has 0 fully saturated rings. The molecule has 0 radical (unpaired) electrons. The summed E-state index contributed by atoms with van der Waals surface area (Å²) in [6.07, 6.45) is -1.05. The van der Waals surface area contributed by atoms with E-state index in [1.807, 2.05) is 0 Å². The van der Waals surface area contributed by atoms with E-state index in [-0.39, 0.29) is 5.75 Å². The van der Waals surface area contributed by atoms with Crippen LogP contribution < -0.4 is 10.2 Å². The van der Waals surface area contributed by atoms with Gasteiger partial charge in [0.15, 0.2) is 0 Å². The molecule has 1 unspecified atom stereocenters. The maximum atomic E-state index is 13.1. The topological polar surface area (TPSA) is 58.6 Å². The van der Waals surface area contributed by atoms with E-state index in [0.29, 0.717) is 5.56 Å². The van der Waals surface area contributed by atoms with Gasteiger partial charge in [0, 0.05) is 11.6 Å². The van der Waals surface area contributed by atoms with Crippen molar-refractivity contribution in [2.24, 2.45) is 0 Å². The van der Waals surface area contributed by atoms with Crippen LogP contribution in [0.4, 0.5) is 4.39 Å². The van der Waals surface area contributed by atoms with Crippen LogP contribution in [-0.4, -0.2) is 11.1 Å². The largest absolute Gasteiger partial charge is 0.476 e. The first-order valence-electron chi connectivity index (χ1n) is 5.62. The number of rotatable bonds is 4. The molecule has 2 rings (SSSR count). The zero-order valence-electron chi connectivity index (χ0n) is 9.92. The molecule has 2 N–H and O–H groups in total. The van der Waals surface area contributed by atoms with Gasteiger partial charge in [-0.1, -0.05) is 36.4 Å². The number of benzene rings is 2. The lowest BCUT2D eigenvalue weighted by molar-refractivity contribution is -0.136. The predicted molar refractivity (Wildman–Crippen MR) is 66.1 cm³/mol. The zero-order chi connectivity index (χ0) is 13.7. The van der Waals surface area contributed by atoms with Crippen LogP contribution in [0.2, 0.25) is 0 Å². The van der Waals surface area contributed by atoms with E-state index in [9.17, 15) is 9.18 Å². The van der Waals surface area contributed by atoms with Crippen LogP contribution in [0.5, 0.6) is 5.75 Å². The number of hydroxylamine groups is 1. The monoisotopic (exact) mass is 261 g/mol. The summed E-state index contributed by atoms with van der Waals surface area (Å²) in [5, 5.41) is 8.75. The fraction of sp³-hybridized carbons (Fsp3) is 0.0714. The van der Waals surface area contributed by atoms with Gasteiger partial charge in [-0.3, -0.25) is 10.0 Å². The third-order valence-electron chi connectivity index (χ3n) is 2.50. The highest BCUT2D eigenvalue weighted by Crippen LogP contribution is 2.22. The Morgan fingerprint density at radius 2 is 1.89 bits per heavy atom. The van der Waals surface area contributed by atoms with E-state index in [1.165, 1.54) is 24.3 Å². The zero-order valence-corrected chi connectivity index (χ0v) is 9.92. The van der Waals surface area contributed by atoms with Crippen molar-refractivity contribution in [2.75, 3.05) is 0 Å². The number of nitrogens with one attached hydrogen (secondary N) is 1. The molecule has 4 nitrogen and oxygen atoms in total. The summed E-state index contributed by atoms with van der Waals surface area (Å²) in [6, 6.07) is 14.1. The van der Waals surface area contributed by atoms with Crippen molar-refractivity contribution < 1.29 is 19.1 Å². The summed E-state index contributed by atoms with van der Waals surface area (Å²) in [4.78, 5) is 11.6. The van der Waals surface area contributed by atoms with Crippen molar-refractivity contribution in [2.45, 2.75) is 6.10 Å². The second kappa shape index (κ2) is 5.97. The standard InChI is InChI=1S/C14H12FNO3/c15-11-7-4-8-12(9-11)19-13(14(17)16-18)10-5-2-1-3-6-10/h1-9,13,18H,(H,16,17). The van der Waals surface area contributed by atoms with Gasteiger partial charge in [0.2, 0.25) is 6.10 Å². The highest BCUT2D eigenvalue weighted by Gasteiger charge is 2.22. The molecule has 0 aliphatic heterocycles. The quantitative estimate of drug-likeness (QED) is 0.656. The first kappa shape index (κ1) is 13.0. The lowest BCUT2D eigenvalue weighted by Crippen LogP contribution is -2.30. The molecule has 0 spiro atoms. The Labute approximate surface area is 109 Å². The Kier molecular flexibility index (Phi) is 4.10. The predicted octanol–water partition coefficient (Wildman–Crippen LogP) is 2.45. The first-order chi connectivity index (χ1) is 9.20. The maximum Gasteiger partial charge on any atom is 0.289 e. The van der Waals surface area contributed by atoms with Crippen molar-refractivity contribution >= 4 is 5.91 Å². The normalized spacial score (nSPS) is 11.7. The lowest BCUT2D eigenvalue weighted by Gasteiger charge is -2.17. The van der Waals surface area contributed by atoms with E-state index >= 15 is 0 Å². The van der Waals surface area contributed by atoms with Crippen LogP contribution >= 0.6 is 0 Å². The Morgan fingerprint density at radius 3 is 2.53 bits per heavy atom. The Morgan fingerprint density at radius 1 is 1.16 bits per heavy atom. The van der Waals surface area contributed by atoms with Gasteiger partial charge in [-0.25, -0.2) is 9.87 Å². The summed E-state index contributed by atoms with van der Waals surface area (Å²) >= 11 is 0. The highest BCUT2D eigenvalue weighted by molar-refractivity contribution is 5.81. The van der Waals surface area contributed by atoms with E-state index in [4.69, 9.17) is 9.94 Å². The molecule has 1 atom stereocenters. The van der Waals surface area contributed by atoms with Crippen LogP contribution in [0.1, 0.15) is 11.7 Å². The van der Waals surface area contributed by atoms with E-state index in [2.05, 4.69) is 0 Å². The Balaban J connectivity index is 2.27. The molecule has 98 valence electrons. The summed E-state index contributed by atoms with van der Waals surface area (Å²) in [5.74, 6) is -0.985. The summed E-state index contributed by atoms with van der Waals surface area (Å²) in [7, 11) is 0. The number of halogens is 1. The number of hydrogen-bond acceptors (Lipinski definition) is 3. The fourth-order valence-corrected chi connectivity index (χ4v) is 1.64. The van der Waals surface area contributed by atoms with Gasteiger partial charge in [0.1, 0.15) is 11.6 Å². The smallest absolute Gasteiger partial charge is 0.289 e. The number of carbonyl (C=O) groups is 1. The number of carbonyl (C=O) groups excluding carboxylic acids is 1. The minimum Gasteiger partial charge on any atom is -0.476 e. The molecular weight excluding hydrogens is 249 g/mol. The summed E-state index contributed by atoms with van der Waals surface area (Å²) in [5.41, 5.74) is 2.09. The van der Waals surface area contributed by atoms with Gasteiger partial charge in [0.05, 0.1) is 0 Å². The molecule has 0 aliphatic rings. The molecule has 0 aliphatic carbocycles. The van der Waals surface area contributed by atoms with Crippen LogP contribution in [0.15, 0.2) is 54.6 Å². The number of amides is 1. The first-order valence-corrected chi connectivity index (χ1v) is 5.62. The molecule has 0 aromatic heterocycles. The summed E-state index contributed by atoms with van der Waals surface area (Å²) < 4.78 is 18.5. The fourth-order valence-electron chi connectivity index (χ4n) is 1.64. The van der Waals surface area contributed by atoms with Crippen LogP contribution in [-0.2, 0) is 4.79 Å². The van der Waals surface area contributed by atoms with Crippen molar-refractivity contribution in [3.63, 3.8) is 0 Å². The van der Waals surface area contributed by atoms with Crippen molar-refractivity contribution in [3.8, 4) is 5.75 Å². The average molecular weight is 261 g/mol. The van der Waals surface area contributed by atoms with E-state index in [0.717, 1.165) is 0 Å². The molecule has 2 aromatic carbocycles. The highest BCUT2D eigenvalue weighted by atomic mass is 19.1. The van der Waals surface area contributed by atoms with Gasteiger partial charge >= 0.3 is 0 Å². The molecule has 0 bridgehead atoms. The van der Waals surface area contributed by atoms with Gasteiger partial charge in [-0.05, 0) is 12.1 Å². The van der Waals surface area contributed by atoms with Gasteiger partial charge in [0.25, 0.3) is 5.91 Å². The minimum atomic E-state index is -1.05. The second-order valence-corrected chi connectivity index (χ2v) is 3.84. The Hall–Kier alpha value is -2.40. The SMILES string of the molecule is O=C(NO)C(Oc1cccc(F)c1)c1ccccc1. The molecule has 0 heterocycles. The Bertz CT molecular complexity index is 560. The van der Waals surface area contributed by atoms with E-state index in [1.54, 1.807) is 35.8 Å². The minimum absolute atomic E-state index is 0.206. The molecule has 0 saturated heterocycles. The van der Waals surface area contributed by atoms with Crippen LogP contribution in [0.3, 0.4) is 0 Å². The molecular formula is C14H12FNO3. The van der Waals surface area contributed by atoms with Gasteiger partial charge in [-0.15, -0.1) is 0 Å². The van der Waals surface area contributed by atoms with E-state index < -0.39 is 17.8 Å².